The summed E-state index contributed by atoms with van der Waals surface area (Å²) < 4.78 is 94.6. The molecule has 0 saturated heterocycles. The largest absolute Gasteiger partial charge is 0.741 e. The lowest BCUT2D eigenvalue weighted by atomic mass is 9.77. The molecule has 1 N–H and O–H groups in total. The monoisotopic (exact) mass is 1200 g/mol. The Morgan fingerprint density at radius 3 is 1.39 bits per heavy atom. The summed E-state index contributed by atoms with van der Waals surface area (Å²) in [5, 5.41) is 8.74. The summed E-state index contributed by atoms with van der Waals surface area (Å²) in [7, 11) is -6.09. The number of aromatic hydroxyl groups is 1. The maximum atomic E-state index is 14.5. The van der Waals surface area contributed by atoms with Gasteiger partial charge in [0.2, 0.25) is 4.86 Å². The van der Waals surface area contributed by atoms with E-state index in [1.807, 2.05) is 12.1 Å². The van der Waals surface area contributed by atoms with Crippen LogP contribution in [0.3, 0.4) is 0 Å². The Bertz CT molecular complexity index is 2220. The fourth-order valence-corrected chi connectivity index (χ4v) is 11.2. The van der Waals surface area contributed by atoms with Crippen LogP contribution in [-0.2, 0) is 27.6 Å². The zero-order valence-electron chi connectivity index (χ0n) is 44.3. The molecule has 3 aliphatic rings. The van der Waals surface area contributed by atoms with Gasteiger partial charge in [-0.25, -0.2) is 8.42 Å². The summed E-state index contributed by atoms with van der Waals surface area (Å²) in [6.07, 6.45) is 22.4. The van der Waals surface area contributed by atoms with E-state index in [0.29, 0.717) is 11.7 Å². The molecule has 4 aromatic rings. The molecule has 6 nitrogen and oxygen atoms in total. The van der Waals surface area contributed by atoms with Crippen LogP contribution in [0.4, 0.5) is 22.0 Å². The van der Waals surface area contributed by atoms with E-state index in [-0.39, 0.29) is 11.3 Å². The molecule has 414 valence electrons. The molecule has 0 amide bonds. The first-order valence-electron chi connectivity index (χ1n) is 26.9. The predicted octanol–water partition coefficient (Wildman–Crippen LogP) is 18.3. The van der Waals surface area contributed by atoms with Crippen LogP contribution < -0.4 is 4.74 Å². The quantitative estimate of drug-likeness (QED) is 0.0283. The molecule has 1 aliphatic heterocycles. The molecule has 7 rings (SSSR count). The number of hydrogen-bond donors (Lipinski definition) is 1. The zero-order chi connectivity index (χ0) is 54.6. The van der Waals surface area contributed by atoms with Crippen molar-refractivity contribution >= 4 is 58.2 Å². The van der Waals surface area contributed by atoms with Gasteiger partial charge in [0.05, 0.1) is 5.56 Å². The van der Waals surface area contributed by atoms with Crippen molar-refractivity contribution < 1.29 is 44.8 Å². The zero-order valence-corrected chi connectivity index (χ0v) is 49.1. The van der Waals surface area contributed by atoms with E-state index in [4.69, 9.17) is 22.8 Å². The fourth-order valence-electron chi connectivity index (χ4n) is 9.53. The van der Waals surface area contributed by atoms with Crippen LogP contribution in [0.2, 0.25) is 0 Å². The lowest BCUT2D eigenvalue weighted by molar-refractivity contribution is -0.185. The minimum absolute atomic E-state index is 0.104. The topological polar surface area (TPSA) is 89.9 Å². The minimum atomic E-state index is -6.09. The number of halogens is 7. The number of hydrogen-bond acceptors (Lipinski definition) is 6. The van der Waals surface area contributed by atoms with Gasteiger partial charge in [0.25, 0.3) is 0 Å². The Labute approximate surface area is 462 Å². The number of rotatable bonds is 17. The van der Waals surface area contributed by atoms with Crippen molar-refractivity contribution in [3.63, 3.8) is 0 Å². The SMILES string of the molecule is CCCCCC1CCC(c2ccc(C(F)(F)Oc3ccc(Br)cc3)cc2)CC1.CCCCCC1CCC(c2ccc(C3=[S+]CCCC3)cc2)CC1.CCN(CC)CC.O=S(=O)([O-])C(F)(F)F.Oc1ccc(Br)cc1. The van der Waals surface area contributed by atoms with Crippen LogP contribution in [-0.4, -0.2) is 58.7 Å². The summed E-state index contributed by atoms with van der Waals surface area (Å²) in [6, 6.07) is 29.7. The van der Waals surface area contributed by atoms with Crippen LogP contribution in [0.25, 0.3) is 0 Å². The molecule has 15 heteroatoms. The number of unbranched alkanes of at least 4 members (excludes halogenated alkanes) is 4. The summed E-state index contributed by atoms with van der Waals surface area (Å²) in [5.74, 6) is 4.97. The molecule has 2 aliphatic carbocycles. The molecule has 4 aromatic carbocycles. The van der Waals surface area contributed by atoms with Gasteiger partial charge in [-0.2, -0.15) is 22.0 Å². The Morgan fingerprint density at radius 2 is 1.04 bits per heavy atom. The standard InChI is InChI=1S/C24H29BrF2O.C22H33S.C6H5BrO.C6H15N.CHF3O3S/c1-2-3-4-5-18-6-8-19(9-7-18)20-10-12-21(13-11-20)24(26,27)28-23-16-14-22(25)15-17-23;1-2-3-4-7-18-9-11-19(12-10-18)20-13-15-21(16-14-20)22-8-5-6-17-23-22;7-5-1-3-6(8)4-2-5;1-4-7(5-2)6-3;2-1(3,4)8(5,6)7/h10-19H,2-9H2,1H3;13-16,18-19H,2-12,17H2,1H3;1-4,8H;4-6H2,1-3H3;(H,5,6,7)/q;+1;;;/p-1. The maximum Gasteiger partial charge on any atom is 0.485 e. The van der Waals surface area contributed by atoms with Crippen LogP contribution in [0.15, 0.2) is 106 Å². The third-order valence-corrected chi connectivity index (χ3v) is 17.0. The second-order valence-electron chi connectivity index (χ2n) is 19.5. The molecule has 0 unspecified atom stereocenters. The Morgan fingerprint density at radius 1 is 0.622 bits per heavy atom. The van der Waals surface area contributed by atoms with E-state index in [1.54, 1.807) is 46.8 Å². The number of phenols is 1. The normalized spacial score (nSPS) is 18.9. The van der Waals surface area contributed by atoms with Gasteiger partial charge in [0.1, 0.15) is 11.5 Å². The van der Waals surface area contributed by atoms with Gasteiger partial charge >= 0.3 is 11.6 Å². The van der Waals surface area contributed by atoms with Crippen molar-refractivity contribution in [2.75, 3.05) is 25.4 Å². The third-order valence-electron chi connectivity index (χ3n) is 14.1. The number of ether oxygens (including phenoxy) is 1. The second kappa shape index (κ2) is 34.7. The Balaban J connectivity index is 0.000000277. The Hall–Kier alpha value is -2.95. The van der Waals surface area contributed by atoms with Crippen LogP contribution in [0.1, 0.15) is 191 Å². The molecule has 0 spiro atoms. The highest BCUT2D eigenvalue weighted by Gasteiger charge is 2.37. The molecule has 0 bridgehead atoms. The highest BCUT2D eigenvalue weighted by molar-refractivity contribution is 9.10. The van der Waals surface area contributed by atoms with Crippen LogP contribution in [0, 0.1) is 11.8 Å². The second-order valence-corrected chi connectivity index (χ2v) is 23.9. The molecule has 2 fully saturated rings. The van der Waals surface area contributed by atoms with E-state index in [9.17, 15) is 22.0 Å². The first kappa shape index (κ1) is 65.3. The molecule has 1 heterocycles. The maximum absolute atomic E-state index is 14.5. The predicted molar refractivity (Wildman–Crippen MR) is 304 cm³/mol. The van der Waals surface area contributed by atoms with E-state index >= 15 is 0 Å². The summed E-state index contributed by atoms with van der Waals surface area (Å²) >= 11 is 8.61. The van der Waals surface area contributed by atoms with Gasteiger partial charge < -0.3 is 19.3 Å². The average Bonchev–Trinajstić information content (AvgIpc) is 3.39. The highest BCUT2D eigenvalue weighted by atomic mass is 79.9. The van der Waals surface area contributed by atoms with E-state index in [2.05, 4.69) is 107 Å². The van der Waals surface area contributed by atoms with E-state index in [0.717, 1.165) is 26.7 Å². The summed E-state index contributed by atoms with van der Waals surface area (Å²) in [5.41, 5.74) is -1.48. The van der Waals surface area contributed by atoms with Gasteiger partial charge in [0, 0.05) is 27.4 Å². The van der Waals surface area contributed by atoms with Gasteiger partial charge in [-0.1, -0.05) is 142 Å². The molecule has 2 saturated carbocycles. The number of phenolic OH excluding ortho intramolecular Hbond substituents is 1. The van der Waals surface area contributed by atoms with Gasteiger partial charge in [-0.15, -0.1) is 0 Å². The van der Waals surface area contributed by atoms with E-state index < -0.39 is 21.7 Å². The van der Waals surface area contributed by atoms with Crippen LogP contribution >= 0.6 is 31.9 Å². The van der Waals surface area contributed by atoms with Gasteiger partial charge in [-0.05, 0) is 185 Å². The lowest BCUT2D eigenvalue weighted by Gasteiger charge is -2.29. The minimum Gasteiger partial charge on any atom is -0.741 e. The van der Waals surface area contributed by atoms with Gasteiger partial charge in [-0.3, -0.25) is 0 Å². The van der Waals surface area contributed by atoms with Crippen molar-refractivity contribution in [1.82, 2.24) is 4.90 Å². The van der Waals surface area contributed by atoms with Crippen molar-refractivity contribution in [2.24, 2.45) is 11.8 Å². The molecular weight excluding hydrogens is 1120 g/mol. The molecule has 0 aromatic heterocycles. The first-order chi connectivity index (χ1) is 35.2. The lowest BCUT2D eigenvalue weighted by Crippen LogP contribution is -2.22. The molecule has 74 heavy (non-hydrogen) atoms. The molecule has 0 radical (unpaired) electrons. The number of benzene rings is 4. The van der Waals surface area contributed by atoms with Crippen LogP contribution in [0.5, 0.6) is 11.5 Å². The molecule has 0 atom stereocenters. The highest BCUT2D eigenvalue weighted by Crippen LogP contribution is 2.40. The molecular formula is C59H82Br2F5NO5S2. The first-order valence-corrected chi connectivity index (χ1v) is 30.9. The number of alkyl halides is 5. The van der Waals surface area contributed by atoms with E-state index in [1.165, 1.54) is 183 Å². The van der Waals surface area contributed by atoms with Crippen molar-refractivity contribution in [3.05, 3.63) is 128 Å². The van der Waals surface area contributed by atoms with Gasteiger partial charge in [0.15, 0.2) is 27.2 Å². The fraction of sp³-hybridized carbons (Fsp3) is 0.576. The third kappa shape index (κ3) is 25.0. The summed E-state index contributed by atoms with van der Waals surface area (Å²) in [4.78, 5) is 4.00. The Kier molecular flexibility index (Phi) is 30.7. The summed E-state index contributed by atoms with van der Waals surface area (Å²) in [6.45, 7) is 14.7. The average molecular weight is 1200 g/mol. The smallest absolute Gasteiger partial charge is 0.485 e. The van der Waals surface area contributed by atoms with Crippen molar-refractivity contribution in [3.8, 4) is 11.5 Å². The van der Waals surface area contributed by atoms with Crippen molar-refractivity contribution in [1.29, 1.82) is 0 Å². The number of nitrogens with zero attached hydrogens (tertiary/aromatic N) is 1. The van der Waals surface area contributed by atoms with Crippen molar-refractivity contribution in [2.45, 2.75) is 180 Å².